The molecule has 0 fully saturated rings. The van der Waals surface area contributed by atoms with Gasteiger partial charge in [0.05, 0.1) is 16.1 Å². The Balaban J connectivity index is 2.04. The van der Waals surface area contributed by atoms with Crippen LogP contribution < -0.4 is 0 Å². The maximum Gasteiger partial charge on any atom is 0.290 e. The third kappa shape index (κ3) is 3.33. The predicted octanol–water partition coefficient (Wildman–Crippen LogP) is 2.28. The standard InChI is InChI=1S/C18H19N3O3S/c1-20(2)9-10-21-15(12-6-3-4-8-19-12)14(17(23)18(21)24)16(22)13-7-5-11-25-13/h3-8,11,15,23H,9-10H2,1-2H3/t15-/m1/s1. The van der Waals surface area contributed by atoms with Crippen molar-refractivity contribution in [3.05, 3.63) is 63.8 Å². The van der Waals surface area contributed by atoms with Gasteiger partial charge in [0, 0.05) is 19.3 Å². The molecule has 6 nitrogen and oxygen atoms in total. The van der Waals surface area contributed by atoms with Crippen LogP contribution >= 0.6 is 11.3 Å². The number of aliphatic hydroxyl groups is 1. The molecular weight excluding hydrogens is 338 g/mol. The van der Waals surface area contributed by atoms with Gasteiger partial charge in [-0.05, 0) is 37.7 Å². The molecule has 0 unspecified atom stereocenters. The number of carbonyl (C=O) groups is 2. The van der Waals surface area contributed by atoms with Gasteiger partial charge in [0.25, 0.3) is 5.91 Å². The zero-order valence-electron chi connectivity index (χ0n) is 14.0. The Bertz CT molecular complexity index is 800. The first-order valence-electron chi connectivity index (χ1n) is 7.88. The maximum atomic E-state index is 12.9. The summed E-state index contributed by atoms with van der Waals surface area (Å²) in [5.74, 6) is -1.34. The van der Waals surface area contributed by atoms with E-state index in [-0.39, 0.29) is 11.4 Å². The van der Waals surface area contributed by atoms with E-state index in [9.17, 15) is 14.7 Å². The van der Waals surface area contributed by atoms with E-state index in [1.54, 1.807) is 41.9 Å². The van der Waals surface area contributed by atoms with Crippen LogP contribution in [0.4, 0.5) is 0 Å². The number of hydrogen-bond donors (Lipinski definition) is 1. The Hall–Kier alpha value is -2.51. The predicted molar refractivity (Wildman–Crippen MR) is 95.5 cm³/mol. The van der Waals surface area contributed by atoms with Crippen molar-refractivity contribution in [2.75, 3.05) is 27.2 Å². The molecule has 0 aromatic carbocycles. The first-order chi connectivity index (χ1) is 12.0. The first-order valence-corrected chi connectivity index (χ1v) is 8.76. The summed E-state index contributed by atoms with van der Waals surface area (Å²) in [6, 6.07) is 8.12. The number of likely N-dealkylation sites (N-methyl/N-ethyl adjacent to an activating group) is 1. The minimum absolute atomic E-state index is 0.102. The highest BCUT2D eigenvalue weighted by molar-refractivity contribution is 7.12. The highest BCUT2D eigenvalue weighted by atomic mass is 32.1. The number of thiophene rings is 1. The summed E-state index contributed by atoms with van der Waals surface area (Å²) in [7, 11) is 3.81. The van der Waals surface area contributed by atoms with Gasteiger partial charge in [0.2, 0.25) is 5.78 Å². The number of amides is 1. The molecule has 1 aliphatic rings. The molecule has 2 aromatic rings. The van der Waals surface area contributed by atoms with E-state index in [4.69, 9.17) is 0 Å². The summed E-state index contributed by atoms with van der Waals surface area (Å²) in [5, 5.41) is 12.2. The van der Waals surface area contributed by atoms with Crippen LogP contribution in [0.2, 0.25) is 0 Å². The van der Waals surface area contributed by atoms with Crippen molar-refractivity contribution < 1.29 is 14.7 Å². The number of carbonyl (C=O) groups excluding carboxylic acids is 2. The van der Waals surface area contributed by atoms with E-state index >= 15 is 0 Å². The number of pyridine rings is 1. The van der Waals surface area contributed by atoms with Crippen molar-refractivity contribution in [1.29, 1.82) is 0 Å². The summed E-state index contributed by atoms with van der Waals surface area (Å²) in [6.07, 6.45) is 1.62. The van der Waals surface area contributed by atoms with Crippen LogP contribution in [0.5, 0.6) is 0 Å². The molecule has 2 aromatic heterocycles. The molecule has 0 saturated carbocycles. The molecule has 25 heavy (non-hydrogen) atoms. The average molecular weight is 357 g/mol. The molecule has 1 aliphatic heterocycles. The van der Waals surface area contributed by atoms with E-state index in [1.165, 1.54) is 16.2 Å². The molecule has 3 rings (SSSR count). The average Bonchev–Trinajstić information content (AvgIpc) is 3.22. The van der Waals surface area contributed by atoms with Crippen LogP contribution in [0.15, 0.2) is 53.2 Å². The van der Waals surface area contributed by atoms with Crippen LogP contribution in [-0.4, -0.2) is 58.8 Å². The molecule has 0 aliphatic carbocycles. The molecule has 0 radical (unpaired) electrons. The quantitative estimate of drug-likeness (QED) is 0.803. The minimum Gasteiger partial charge on any atom is -0.503 e. The Morgan fingerprint density at radius 1 is 1.32 bits per heavy atom. The van der Waals surface area contributed by atoms with Crippen molar-refractivity contribution in [2.24, 2.45) is 0 Å². The van der Waals surface area contributed by atoms with Gasteiger partial charge in [0.1, 0.15) is 6.04 Å². The molecule has 0 saturated heterocycles. The number of Topliss-reactive ketones (excluding diaryl/α,β-unsaturated/α-hetero) is 1. The molecule has 0 spiro atoms. The van der Waals surface area contributed by atoms with Gasteiger partial charge < -0.3 is 14.9 Å². The van der Waals surface area contributed by atoms with Gasteiger partial charge in [-0.1, -0.05) is 12.1 Å². The SMILES string of the molecule is CN(C)CCN1C(=O)C(O)=C(C(=O)c2cccs2)[C@H]1c1ccccn1. The molecule has 1 N–H and O–H groups in total. The zero-order chi connectivity index (χ0) is 18.0. The number of hydrogen-bond acceptors (Lipinski definition) is 6. The summed E-state index contributed by atoms with van der Waals surface area (Å²) >= 11 is 1.28. The Morgan fingerprint density at radius 2 is 2.12 bits per heavy atom. The second-order valence-corrected chi connectivity index (χ2v) is 6.98. The lowest BCUT2D eigenvalue weighted by molar-refractivity contribution is -0.129. The van der Waals surface area contributed by atoms with E-state index in [0.29, 0.717) is 23.7 Å². The summed E-state index contributed by atoms with van der Waals surface area (Å²) in [5.41, 5.74) is 0.670. The van der Waals surface area contributed by atoms with Crippen molar-refractivity contribution in [1.82, 2.24) is 14.8 Å². The van der Waals surface area contributed by atoms with Gasteiger partial charge in [-0.25, -0.2) is 0 Å². The van der Waals surface area contributed by atoms with E-state index in [2.05, 4.69) is 4.98 Å². The molecule has 1 amide bonds. The van der Waals surface area contributed by atoms with Gasteiger partial charge in [-0.2, -0.15) is 0 Å². The fourth-order valence-electron chi connectivity index (χ4n) is 2.81. The van der Waals surface area contributed by atoms with E-state index in [0.717, 1.165) is 0 Å². The first kappa shape index (κ1) is 17.3. The Morgan fingerprint density at radius 3 is 2.72 bits per heavy atom. The Labute approximate surface area is 150 Å². The maximum absolute atomic E-state index is 12.9. The van der Waals surface area contributed by atoms with Gasteiger partial charge in [-0.15, -0.1) is 11.3 Å². The minimum atomic E-state index is -0.678. The molecule has 0 bridgehead atoms. The third-order valence-electron chi connectivity index (χ3n) is 4.05. The summed E-state index contributed by atoms with van der Waals surface area (Å²) in [6.45, 7) is 1.00. The lowest BCUT2D eigenvalue weighted by atomic mass is 9.99. The highest BCUT2D eigenvalue weighted by Gasteiger charge is 2.44. The fraction of sp³-hybridized carbons (Fsp3) is 0.278. The van der Waals surface area contributed by atoms with Crippen LogP contribution in [0.1, 0.15) is 21.4 Å². The number of nitrogens with zero attached hydrogens (tertiary/aromatic N) is 3. The smallest absolute Gasteiger partial charge is 0.290 e. The second-order valence-electron chi connectivity index (χ2n) is 6.03. The number of aliphatic hydroxyl groups excluding tert-OH is 1. The molecule has 7 heteroatoms. The monoisotopic (exact) mass is 357 g/mol. The van der Waals surface area contributed by atoms with Gasteiger partial charge >= 0.3 is 0 Å². The van der Waals surface area contributed by atoms with Crippen LogP contribution in [-0.2, 0) is 4.79 Å². The summed E-state index contributed by atoms with van der Waals surface area (Å²) < 4.78 is 0. The fourth-order valence-corrected chi connectivity index (χ4v) is 3.49. The number of ketones is 1. The molecule has 3 heterocycles. The summed E-state index contributed by atoms with van der Waals surface area (Å²) in [4.78, 5) is 33.8. The van der Waals surface area contributed by atoms with Crippen molar-refractivity contribution in [3.63, 3.8) is 0 Å². The van der Waals surface area contributed by atoms with Crippen molar-refractivity contribution in [2.45, 2.75) is 6.04 Å². The van der Waals surface area contributed by atoms with E-state index in [1.807, 2.05) is 19.0 Å². The highest BCUT2D eigenvalue weighted by Crippen LogP contribution is 2.38. The molecule has 130 valence electrons. The van der Waals surface area contributed by atoms with Crippen molar-refractivity contribution in [3.8, 4) is 0 Å². The normalized spacial score (nSPS) is 17.6. The van der Waals surface area contributed by atoms with Crippen LogP contribution in [0.3, 0.4) is 0 Å². The number of rotatable bonds is 6. The molecular formula is C18H19N3O3S. The van der Waals surface area contributed by atoms with Crippen LogP contribution in [0.25, 0.3) is 0 Å². The Kier molecular flexibility index (Phi) is 4.96. The largest absolute Gasteiger partial charge is 0.503 e. The topological polar surface area (TPSA) is 73.7 Å². The number of aromatic nitrogens is 1. The van der Waals surface area contributed by atoms with E-state index < -0.39 is 17.7 Å². The second kappa shape index (κ2) is 7.16. The lowest BCUT2D eigenvalue weighted by Crippen LogP contribution is -2.36. The third-order valence-corrected chi connectivity index (χ3v) is 4.92. The van der Waals surface area contributed by atoms with Crippen molar-refractivity contribution >= 4 is 23.0 Å². The van der Waals surface area contributed by atoms with Gasteiger partial charge in [-0.3, -0.25) is 14.6 Å². The van der Waals surface area contributed by atoms with Crippen LogP contribution in [0, 0.1) is 0 Å². The molecule has 1 atom stereocenters. The van der Waals surface area contributed by atoms with Gasteiger partial charge in [0.15, 0.2) is 5.76 Å². The lowest BCUT2D eigenvalue weighted by Gasteiger charge is -2.27. The zero-order valence-corrected chi connectivity index (χ0v) is 14.9.